The Morgan fingerprint density at radius 2 is 2.22 bits per heavy atom. The second-order valence-electron chi connectivity index (χ2n) is 5.88. The first-order chi connectivity index (χ1) is 11.0. The Hall–Kier alpha value is -1.59. The molecule has 1 aromatic heterocycles. The molecule has 1 aliphatic carbocycles. The van der Waals surface area contributed by atoms with Crippen molar-refractivity contribution in [3.8, 4) is 10.6 Å². The minimum absolute atomic E-state index is 0.165. The number of aromatic nitrogens is 1. The van der Waals surface area contributed by atoms with Gasteiger partial charge in [0.15, 0.2) is 0 Å². The summed E-state index contributed by atoms with van der Waals surface area (Å²) in [6.07, 6.45) is 2.61. The van der Waals surface area contributed by atoms with E-state index in [9.17, 15) is 4.79 Å². The van der Waals surface area contributed by atoms with Crippen LogP contribution in [0.5, 0.6) is 0 Å². The number of carbonyl (C=O) groups is 1. The highest BCUT2D eigenvalue weighted by atomic mass is 35.5. The molecule has 1 atom stereocenters. The summed E-state index contributed by atoms with van der Waals surface area (Å²) in [7, 11) is 3.97. The van der Waals surface area contributed by atoms with Gasteiger partial charge >= 0.3 is 5.97 Å². The molecule has 1 unspecified atom stereocenters. The molecule has 0 saturated heterocycles. The van der Waals surface area contributed by atoms with E-state index in [0.29, 0.717) is 5.02 Å². The number of hydrogen-bond acceptors (Lipinski definition) is 5. The fraction of sp³-hybridized carbons (Fsp3) is 0.412. The number of anilines is 1. The second kappa shape index (κ2) is 6.49. The zero-order chi connectivity index (χ0) is 16.6. The molecule has 2 aromatic rings. The van der Waals surface area contributed by atoms with Gasteiger partial charge in [-0.15, -0.1) is 11.3 Å². The lowest BCUT2D eigenvalue weighted by molar-refractivity contribution is -0.147. The van der Waals surface area contributed by atoms with Crippen LogP contribution in [0.25, 0.3) is 10.6 Å². The predicted octanol–water partition coefficient (Wildman–Crippen LogP) is 4.47. The minimum Gasteiger partial charge on any atom is -0.457 e. The van der Waals surface area contributed by atoms with Crippen LogP contribution in [0.1, 0.15) is 36.4 Å². The number of carbonyl (C=O) groups excluding carboxylic acids is 1. The molecular weight excluding hydrogens is 332 g/mol. The van der Waals surface area contributed by atoms with Gasteiger partial charge in [0.1, 0.15) is 11.1 Å². The van der Waals surface area contributed by atoms with Crippen molar-refractivity contribution in [1.82, 2.24) is 4.98 Å². The van der Waals surface area contributed by atoms with Gasteiger partial charge in [-0.2, -0.15) is 0 Å². The monoisotopic (exact) mass is 350 g/mol. The van der Waals surface area contributed by atoms with E-state index >= 15 is 0 Å². The van der Waals surface area contributed by atoms with Gasteiger partial charge in [-0.25, -0.2) is 4.98 Å². The lowest BCUT2D eigenvalue weighted by Crippen LogP contribution is -2.13. The average Bonchev–Trinajstić information content (AvgIpc) is 2.91. The maximum Gasteiger partial charge on any atom is 0.303 e. The molecule has 0 spiro atoms. The van der Waals surface area contributed by atoms with Gasteiger partial charge < -0.3 is 9.64 Å². The maximum atomic E-state index is 11.3. The van der Waals surface area contributed by atoms with E-state index in [1.54, 1.807) is 11.3 Å². The number of halogens is 1. The average molecular weight is 351 g/mol. The van der Waals surface area contributed by atoms with E-state index in [2.05, 4.69) is 0 Å². The molecule has 122 valence electrons. The van der Waals surface area contributed by atoms with Crippen molar-refractivity contribution in [3.05, 3.63) is 33.8 Å². The van der Waals surface area contributed by atoms with Crippen LogP contribution in [0, 0.1) is 0 Å². The van der Waals surface area contributed by atoms with Crippen molar-refractivity contribution in [1.29, 1.82) is 0 Å². The van der Waals surface area contributed by atoms with Crippen LogP contribution in [-0.4, -0.2) is 25.0 Å². The molecule has 0 fully saturated rings. The number of thiazole rings is 1. The van der Waals surface area contributed by atoms with Gasteiger partial charge in [0.05, 0.1) is 15.6 Å². The highest BCUT2D eigenvalue weighted by Gasteiger charge is 2.27. The number of aryl methyl sites for hydroxylation is 1. The van der Waals surface area contributed by atoms with Crippen LogP contribution >= 0.6 is 22.9 Å². The molecule has 1 aromatic carbocycles. The molecule has 0 amide bonds. The Bertz CT molecular complexity index is 742. The smallest absolute Gasteiger partial charge is 0.303 e. The van der Waals surface area contributed by atoms with E-state index < -0.39 is 0 Å². The van der Waals surface area contributed by atoms with Crippen LogP contribution in [-0.2, 0) is 16.0 Å². The fourth-order valence-electron chi connectivity index (χ4n) is 2.76. The summed E-state index contributed by atoms with van der Waals surface area (Å²) in [5.74, 6) is -0.244. The van der Waals surface area contributed by atoms with Crippen LogP contribution in [0.4, 0.5) is 5.69 Å². The van der Waals surface area contributed by atoms with E-state index in [1.165, 1.54) is 6.92 Å². The first-order valence-corrected chi connectivity index (χ1v) is 8.79. The summed E-state index contributed by atoms with van der Waals surface area (Å²) < 4.78 is 5.44. The van der Waals surface area contributed by atoms with Crippen molar-refractivity contribution in [2.24, 2.45) is 0 Å². The Balaban J connectivity index is 1.96. The number of ether oxygens (including phenoxy) is 1. The summed E-state index contributed by atoms with van der Waals surface area (Å²) in [5.41, 5.74) is 3.02. The molecule has 23 heavy (non-hydrogen) atoms. The first kappa shape index (κ1) is 16.3. The van der Waals surface area contributed by atoms with Crippen molar-refractivity contribution in [2.45, 2.75) is 32.3 Å². The standard InChI is InChI=1S/C17H19ClN2O2S/c1-10(21)22-15-6-4-5-14-16(15)23-17(19-14)12-8-7-11(20(2)3)9-13(12)18/h7-9,15H,4-6H2,1-3H3. The quantitative estimate of drug-likeness (QED) is 0.766. The summed E-state index contributed by atoms with van der Waals surface area (Å²) in [5, 5.41) is 1.58. The molecule has 4 nitrogen and oxygen atoms in total. The normalized spacial score (nSPS) is 16.8. The largest absolute Gasteiger partial charge is 0.457 e. The minimum atomic E-state index is -0.244. The molecule has 6 heteroatoms. The van der Waals surface area contributed by atoms with E-state index in [4.69, 9.17) is 21.3 Å². The molecule has 0 radical (unpaired) electrons. The first-order valence-electron chi connectivity index (χ1n) is 7.59. The second-order valence-corrected chi connectivity index (χ2v) is 7.32. The third-order valence-electron chi connectivity index (χ3n) is 3.91. The van der Waals surface area contributed by atoms with Crippen LogP contribution < -0.4 is 4.90 Å². The van der Waals surface area contributed by atoms with Gasteiger partial charge in [0.2, 0.25) is 0 Å². The van der Waals surface area contributed by atoms with E-state index in [1.807, 2.05) is 37.2 Å². The van der Waals surface area contributed by atoms with E-state index in [0.717, 1.165) is 46.1 Å². The summed E-state index contributed by atoms with van der Waals surface area (Å²) >= 11 is 8.03. The number of benzene rings is 1. The Morgan fingerprint density at radius 3 is 2.87 bits per heavy atom. The number of rotatable bonds is 3. The SMILES string of the molecule is CC(=O)OC1CCCc2nc(-c3ccc(N(C)C)cc3Cl)sc21. The lowest BCUT2D eigenvalue weighted by Gasteiger charge is -2.20. The van der Waals surface area contributed by atoms with Gasteiger partial charge in [0, 0.05) is 32.3 Å². The van der Waals surface area contributed by atoms with E-state index in [-0.39, 0.29) is 12.1 Å². The predicted molar refractivity (Wildman–Crippen MR) is 94.3 cm³/mol. The Morgan fingerprint density at radius 1 is 1.43 bits per heavy atom. The fourth-order valence-corrected chi connectivity index (χ4v) is 4.30. The number of nitrogens with zero attached hydrogens (tertiary/aromatic N) is 2. The molecule has 0 bridgehead atoms. The summed E-state index contributed by atoms with van der Waals surface area (Å²) in [4.78, 5) is 19.1. The van der Waals surface area contributed by atoms with Crippen molar-refractivity contribution in [3.63, 3.8) is 0 Å². The third kappa shape index (κ3) is 3.35. The molecule has 0 N–H and O–H groups in total. The van der Waals surface area contributed by atoms with Gasteiger partial charge in [-0.05, 0) is 37.5 Å². The molecule has 3 rings (SSSR count). The number of hydrogen-bond donors (Lipinski definition) is 0. The zero-order valence-corrected chi connectivity index (χ0v) is 15.0. The summed E-state index contributed by atoms with van der Waals surface area (Å²) in [6, 6.07) is 5.98. The summed E-state index contributed by atoms with van der Waals surface area (Å²) in [6.45, 7) is 1.45. The molecule has 1 aliphatic rings. The van der Waals surface area contributed by atoms with Crippen molar-refractivity contribution < 1.29 is 9.53 Å². The van der Waals surface area contributed by atoms with Gasteiger partial charge in [-0.1, -0.05) is 11.6 Å². The number of fused-ring (bicyclic) bond motifs is 1. The molecular formula is C17H19ClN2O2S. The van der Waals surface area contributed by atoms with Crippen LogP contribution in [0.15, 0.2) is 18.2 Å². The van der Waals surface area contributed by atoms with Crippen molar-refractivity contribution >= 4 is 34.6 Å². The number of esters is 1. The highest BCUT2D eigenvalue weighted by molar-refractivity contribution is 7.15. The Kier molecular flexibility index (Phi) is 4.60. The molecule has 0 aliphatic heterocycles. The van der Waals surface area contributed by atoms with Crippen molar-refractivity contribution in [2.75, 3.05) is 19.0 Å². The third-order valence-corrected chi connectivity index (χ3v) is 5.44. The van der Waals surface area contributed by atoms with Crippen LogP contribution in [0.2, 0.25) is 5.02 Å². The van der Waals surface area contributed by atoms with Gasteiger partial charge in [0.25, 0.3) is 0 Å². The zero-order valence-electron chi connectivity index (χ0n) is 13.4. The van der Waals surface area contributed by atoms with Gasteiger partial charge in [-0.3, -0.25) is 4.79 Å². The molecule has 1 heterocycles. The maximum absolute atomic E-state index is 11.3. The van der Waals surface area contributed by atoms with Crippen LogP contribution in [0.3, 0.4) is 0 Å². The molecule has 0 saturated carbocycles. The lowest BCUT2D eigenvalue weighted by atomic mass is 10.0. The highest BCUT2D eigenvalue weighted by Crippen LogP contribution is 2.41. The topological polar surface area (TPSA) is 42.4 Å². The Labute approximate surface area is 145 Å².